The first-order valence-electron chi connectivity index (χ1n) is 6.05. The highest BCUT2D eigenvalue weighted by molar-refractivity contribution is 5.57. The molecule has 96 valence electrons. The number of ether oxygens (including phenoxy) is 1. The summed E-state index contributed by atoms with van der Waals surface area (Å²) in [7, 11) is 0. The van der Waals surface area contributed by atoms with Crippen LogP contribution in [-0.4, -0.2) is 21.4 Å². The molecule has 0 amide bonds. The van der Waals surface area contributed by atoms with Gasteiger partial charge in [-0.15, -0.1) is 0 Å². The minimum atomic E-state index is -0.0598. The van der Waals surface area contributed by atoms with Crippen LogP contribution in [0.2, 0.25) is 0 Å². The van der Waals surface area contributed by atoms with Gasteiger partial charge in [0.15, 0.2) is 0 Å². The third kappa shape index (κ3) is 2.87. The van der Waals surface area contributed by atoms with E-state index in [1.165, 1.54) is 0 Å². The van der Waals surface area contributed by atoms with Crippen molar-refractivity contribution in [2.45, 2.75) is 27.0 Å². The predicted molar refractivity (Wildman–Crippen MR) is 70.8 cm³/mol. The second-order valence-corrected chi connectivity index (χ2v) is 4.06. The Balaban J connectivity index is 2.09. The van der Waals surface area contributed by atoms with E-state index in [-0.39, 0.29) is 6.23 Å². The van der Waals surface area contributed by atoms with Gasteiger partial charge in [-0.2, -0.15) is 5.10 Å². The molecule has 2 heterocycles. The molecule has 1 atom stereocenters. The molecule has 0 aliphatic carbocycles. The Labute approximate surface area is 107 Å². The zero-order valence-electron chi connectivity index (χ0n) is 10.9. The van der Waals surface area contributed by atoms with Crippen LogP contribution < -0.4 is 5.32 Å². The van der Waals surface area contributed by atoms with Gasteiger partial charge in [0.1, 0.15) is 12.0 Å². The van der Waals surface area contributed by atoms with E-state index in [4.69, 9.17) is 4.74 Å². The van der Waals surface area contributed by atoms with Crippen LogP contribution >= 0.6 is 0 Å². The number of hydrogen-bond acceptors (Lipinski definition) is 4. The molecular formula is C13H18N4O. The van der Waals surface area contributed by atoms with E-state index in [9.17, 15) is 0 Å². The average molecular weight is 246 g/mol. The standard InChI is InChI=1S/C13H18N4O/c1-4-18-11(3)17-9-12(8-15-17)16-13-10(2)6-5-7-14-13/h5-9,11H,4H2,1-3H3,(H,14,16). The van der Waals surface area contributed by atoms with Crippen molar-refractivity contribution in [3.05, 3.63) is 36.3 Å². The van der Waals surface area contributed by atoms with E-state index in [1.54, 1.807) is 17.1 Å². The summed E-state index contributed by atoms with van der Waals surface area (Å²) in [5.41, 5.74) is 2.01. The molecule has 0 fully saturated rings. The van der Waals surface area contributed by atoms with Gasteiger partial charge in [-0.3, -0.25) is 0 Å². The smallest absolute Gasteiger partial charge is 0.147 e. The molecule has 1 N–H and O–H groups in total. The van der Waals surface area contributed by atoms with E-state index in [1.807, 2.05) is 39.1 Å². The number of nitrogens with zero attached hydrogens (tertiary/aromatic N) is 3. The normalized spacial score (nSPS) is 12.4. The van der Waals surface area contributed by atoms with Crippen LogP contribution in [0.4, 0.5) is 11.5 Å². The van der Waals surface area contributed by atoms with Crippen LogP contribution in [0, 0.1) is 6.92 Å². The van der Waals surface area contributed by atoms with Gasteiger partial charge in [-0.1, -0.05) is 6.07 Å². The van der Waals surface area contributed by atoms with Crippen molar-refractivity contribution in [2.24, 2.45) is 0 Å². The molecule has 0 bridgehead atoms. The molecule has 0 spiro atoms. The van der Waals surface area contributed by atoms with Gasteiger partial charge in [0.25, 0.3) is 0 Å². The number of hydrogen-bond donors (Lipinski definition) is 1. The summed E-state index contributed by atoms with van der Waals surface area (Å²) in [5, 5.41) is 7.50. The number of nitrogens with one attached hydrogen (secondary N) is 1. The third-order valence-electron chi connectivity index (χ3n) is 2.65. The lowest BCUT2D eigenvalue weighted by Gasteiger charge is -2.11. The maximum atomic E-state index is 5.47. The van der Waals surface area contributed by atoms with Crippen molar-refractivity contribution in [2.75, 3.05) is 11.9 Å². The highest BCUT2D eigenvalue weighted by Gasteiger charge is 2.07. The van der Waals surface area contributed by atoms with E-state index >= 15 is 0 Å². The van der Waals surface area contributed by atoms with Crippen LogP contribution in [-0.2, 0) is 4.74 Å². The fraction of sp³-hybridized carbons (Fsp3) is 0.385. The summed E-state index contributed by atoms with van der Waals surface area (Å²) in [6, 6.07) is 3.93. The summed E-state index contributed by atoms with van der Waals surface area (Å²) in [5.74, 6) is 0.848. The second kappa shape index (κ2) is 5.64. The van der Waals surface area contributed by atoms with Crippen molar-refractivity contribution < 1.29 is 4.74 Å². The molecule has 18 heavy (non-hydrogen) atoms. The highest BCUT2D eigenvalue weighted by atomic mass is 16.5. The Morgan fingerprint density at radius 3 is 3.06 bits per heavy atom. The molecule has 0 aromatic carbocycles. The molecule has 2 aromatic rings. The number of rotatable bonds is 5. The van der Waals surface area contributed by atoms with Crippen molar-refractivity contribution in [1.82, 2.24) is 14.8 Å². The van der Waals surface area contributed by atoms with Gasteiger partial charge >= 0.3 is 0 Å². The lowest BCUT2D eigenvalue weighted by Crippen LogP contribution is -2.09. The van der Waals surface area contributed by atoms with Gasteiger partial charge in [0.2, 0.25) is 0 Å². The zero-order valence-corrected chi connectivity index (χ0v) is 10.9. The van der Waals surface area contributed by atoms with Crippen molar-refractivity contribution in [1.29, 1.82) is 0 Å². The number of anilines is 2. The summed E-state index contributed by atoms with van der Waals surface area (Å²) >= 11 is 0. The number of aromatic nitrogens is 3. The zero-order chi connectivity index (χ0) is 13.0. The van der Waals surface area contributed by atoms with Gasteiger partial charge in [-0.05, 0) is 32.4 Å². The van der Waals surface area contributed by atoms with Crippen LogP contribution in [0.5, 0.6) is 0 Å². The van der Waals surface area contributed by atoms with Crippen LogP contribution in [0.3, 0.4) is 0 Å². The SMILES string of the molecule is CCOC(C)n1cc(Nc2ncccc2C)cn1. The van der Waals surface area contributed by atoms with E-state index in [0.717, 1.165) is 17.1 Å². The highest BCUT2D eigenvalue weighted by Crippen LogP contribution is 2.18. The molecule has 0 aliphatic rings. The maximum Gasteiger partial charge on any atom is 0.147 e. The Morgan fingerprint density at radius 2 is 2.33 bits per heavy atom. The Morgan fingerprint density at radius 1 is 1.50 bits per heavy atom. The lowest BCUT2D eigenvalue weighted by atomic mass is 10.3. The van der Waals surface area contributed by atoms with Gasteiger partial charge in [0.05, 0.1) is 18.1 Å². The van der Waals surface area contributed by atoms with Gasteiger partial charge in [-0.25, -0.2) is 9.67 Å². The Bertz CT molecular complexity index is 509. The van der Waals surface area contributed by atoms with Crippen molar-refractivity contribution in [3.8, 4) is 0 Å². The average Bonchev–Trinajstić information content (AvgIpc) is 2.81. The van der Waals surface area contributed by atoms with Crippen molar-refractivity contribution >= 4 is 11.5 Å². The quantitative estimate of drug-likeness (QED) is 0.881. The lowest BCUT2D eigenvalue weighted by molar-refractivity contribution is 0.0160. The second-order valence-electron chi connectivity index (χ2n) is 4.06. The molecule has 0 saturated heterocycles. The Kier molecular flexibility index (Phi) is 3.94. The fourth-order valence-electron chi connectivity index (χ4n) is 1.67. The molecule has 5 nitrogen and oxygen atoms in total. The first-order chi connectivity index (χ1) is 8.70. The minimum Gasteiger partial charge on any atom is -0.357 e. The number of aryl methyl sites for hydroxylation is 1. The van der Waals surface area contributed by atoms with Crippen LogP contribution in [0.1, 0.15) is 25.6 Å². The summed E-state index contributed by atoms with van der Waals surface area (Å²) in [6.07, 6.45) is 5.39. The molecule has 0 radical (unpaired) electrons. The summed E-state index contributed by atoms with van der Waals surface area (Å²) in [6.45, 7) is 6.62. The summed E-state index contributed by atoms with van der Waals surface area (Å²) < 4.78 is 7.25. The molecule has 1 unspecified atom stereocenters. The Hall–Kier alpha value is -1.88. The van der Waals surface area contributed by atoms with Gasteiger partial charge in [0, 0.05) is 12.8 Å². The van der Waals surface area contributed by atoms with E-state index in [2.05, 4.69) is 15.4 Å². The molecule has 2 rings (SSSR count). The van der Waals surface area contributed by atoms with E-state index < -0.39 is 0 Å². The minimum absolute atomic E-state index is 0.0598. The maximum absolute atomic E-state index is 5.47. The van der Waals surface area contributed by atoms with E-state index in [0.29, 0.717) is 6.61 Å². The summed E-state index contributed by atoms with van der Waals surface area (Å²) in [4.78, 5) is 4.28. The topological polar surface area (TPSA) is 52.0 Å². The fourth-order valence-corrected chi connectivity index (χ4v) is 1.67. The first kappa shape index (κ1) is 12.6. The van der Waals surface area contributed by atoms with Crippen LogP contribution in [0.25, 0.3) is 0 Å². The molecule has 2 aromatic heterocycles. The third-order valence-corrected chi connectivity index (χ3v) is 2.65. The number of pyridine rings is 1. The molecule has 0 aliphatic heterocycles. The molecular weight excluding hydrogens is 228 g/mol. The predicted octanol–water partition coefficient (Wildman–Crippen LogP) is 2.89. The van der Waals surface area contributed by atoms with Crippen molar-refractivity contribution in [3.63, 3.8) is 0 Å². The molecule has 5 heteroatoms. The first-order valence-corrected chi connectivity index (χ1v) is 6.05. The largest absolute Gasteiger partial charge is 0.357 e. The monoisotopic (exact) mass is 246 g/mol. The van der Waals surface area contributed by atoms with Gasteiger partial charge < -0.3 is 10.1 Å². The van der Waals surface area contributed by atoms with Crippen LogP contribution in [0.15, 0.2) is 30.7 Å². The molecule has 0 saturated carbocycles.